The third-order valence-corrected chi connectivity index (χ3v) is 4.03. The Balaban J connectivity index is 1.90. The van der Waals surface area contributed by atoms with Crippen LogP contribution < -0.4 is 10.5 Å². The quantitative estimate of drug-likeness (QED) is 0.821. The van der Waals surface area contributed by atoms with E-state index < -0.39 is 0 Å². The van der Waals surface area contributed by atoms with Crippen molar-refractivity contribution in [1.29, 1.82) is 0 Å². The number of benzene rings is 1. The van der Waals surface area contributed by atoms with E-state index in [2.05, 4.69) is 17.1 Å². The molecule has 1 saturated carbocycles. The molecule has 18 heavy (non-hydrogen) atoms. The summed E-state index contributed by atoms with van der Waals surface area (Å²) in [7, 11) is 0. The first-order valence-corrected chi connectivity index (χ1v) is 6.88. The van der Waals surface area contributed by atoms with E-state index in [1.165, 1.54) is 37.7 Å². The van der Waals surface area contributed by atoms with Gasteiger partial charge in [-0.2, -0.15) is 0 Å². The van der Waals surface area contributed by atoms with Gasteiger partial charge in [0.05, 0.1) is 0 Å². The van der Waals surface area contributed by atoms with Crippen LogP contribution >= 0.6 is 0 Å². The topological polar surface area (TPSA) is 47.6 Å². The molecule has 0 radical (unpaired) electrons. The second kappa shape index (κ2) is 4.63. The third kappa shape index (κ3) is 2.09. The van der Waals surface area contributed by atoms with E-state index in [0.29, 0.717) is 11.8 Å². The average Bonchev–Trinajstić information content (AvgIpc) is 2.41. The molecule has 3 heteroatoms. The van der Waals surface area contributed by atoms with E-state index in [1.807, 2.05) is 13.0 Å². The van der Waals surface area contributed by atoms with Crippen molar-refractivity contribution in [2.75, 3.05) is 0 Å². The Morgan fingerprint density at radius 3 is 2.78 bits per heavy atom. The highest BCUT2D eigenvalue weighted by molar-refractivity contribution is 5.89. The number of aliphatic imine (C=N–C) groups is 1. The lowest BCUT2D eigenvalue weighted by Crippen LogP contribution is -2.33. The largest absolute Gasteiger partial charge is 0.481 e. The van der Waals surface area contributed by atoms with Crippen LogP contribution in [0.2, 0.25) is 0 Å². The van der Waals surface area contributed by atoms with Gasteiger partial charge in [-0.05, 0) is 43.4 Å². The second-order valence-corrected chi connectivity index (χ2v) is 5.36. The molecule has 1 heterocycles. The summed E-state index contributed by atoms with van der Waals surface area (Å²) in [6, 6.07) is 6.40. The van der Waals surface area contributed by atoms with Crippen molar-refractivity contribution in [3.8, 4) is 5.75 Å². The fourth-order valence-electron chi connectivity index (χ4n) is 2.89. The predicted octanol–water partition coefficient (Wildman–Crippen LogP) is 3.50. The molecular formula is C15H20N2O. The maximum Gasteiger partial charge on any atom is 0.153 e. The molecule has 0 aromatic heterocycles. The molecule has 2 N–H and O–H groups in total. The van der Waals surface area contributed by atoms with Crippen LogP contribution in [0.1, 0.15) is 50.5 Å². The summed E-state index contributed by atoms with van der Waals surface area (Å²) in [5.74, 6) is 2.12. The molecule has 0 saturated heterocycles. The van der Waals surface area contributed by atoms with Gasteiger partial charge >= 0.3 is 0 Å². The van der Waals surface area contributed by atoms with Gasteiger partial charge in [0.1, 0.15) is 17.3 Å². The molecule has 1 aromatic carbocycles. The molecule has 3 nitrogen and oxygen atoms in total. The molecule has 1 aliphatic carbocycles. The zero-order valence-corrected chi connectivity index (χ0v) is 10.9. The molecule has 3 rings (SSSR count). The van der Waals surface area contributed by atoms with E-state index in [9.17, 15) is 0 Å². The van der Waals surface area contributed by atoms with Crippen LogP contribution in [0.5, 0.6) is 5.75 Å². The molecule has 96 valence electrons. The van der Waals surface area contributed by atoms with Crippen LogP contribution in [0.4, 0.5) is 5.69 Å². The van der Waals surface area contributed by atoms with Crippen molar-refractivity contribution in [2.24, 2.45) is 10.7 Å². The zero-order valence-electron chi connectivity index (χ0n) is 10.9. The first-order valence-electron chi connectivity index (χ1n) is 6.88. The maximum absolute atomic E-state index is 5.85. The lowest BCUT2D eigenvalue weighted by molar-refractivity contribution is 0.281. The number of rotatable bonds is 1. The lowest BCUT2D eigenvalue weighted by atomic mass is 9.84. The van der Waals surface area contributed by atoms with Crippen LogP contribution in [0.25, 0.3) is 0 Å². The van der Waals surface area contributed by atoms with E-state index in [-0.39, 0.29) is 6.10 Å². The fourth-order valence-corrected chi connectivity index (χ4v) is 2.89. The fraction of sp³-hybridized carbons (Fsp3) is 0.533. The summed E-state index contributed by atoms with van der Waals surface area (Å²) in [5, 5.41) is 0. The Hall–Kier alpha value is -1.51. The highest BCUT2D eigenvalue weighted by atomic mass is 16.5. The monoisotopic (exact) mass is 244 g/mol. The molecule has 2 aliphatic rings. The van der Waals surface area contributed by atoms with Gasteiger partial charge in [-0.1, -0.05) is 25.3 Å². The normalized spacial score (nSPS) is 24.1. The first kappa shape index (κ1) is 11.6. The van der Waals surface area contributed by atoms with Crippen molar-refractivity contribution in [3.05, 3.63) is 23.8 Å². The van der Waals surface area contributed by atoms with E-state index >= 15 is 0 Å². The van der Waals surface area contributed by atoms with Gasteiger partial charge in [-0.15, -0.1) is 0 Å². The molecule has 1 fully saturated rings. The predicted molar refractivity (Wildman–Crippen MR) is 73.6 cm³/mol. The molecule has 0 amide bonds. The number of nitrogens with zero attached hydrogens (tertiary/aromatic N) is 1. The SMILES string of the molecule is CC1Oc2ccc(C3CCCCC3)cc2N=C1N. The Kier molecular flexibility index (Phi) is 2.98. The summed E-state index contributed by atoms with van der Waals surface area (Å²) in [6.07, 6.45) is 6.57. The molecular weight excluding hydrogens is 224 g/mol. The summed E-state index contributed by atoms with van der Waals surface area (Å²) < 4.78 is 5.73. The van der Waals surface area contributed by atoms with Crippen molar-refractivity contribution in [1.82, 2.24) is 0 Å². The Morgan fingerprint density at radius 2 is 2.00 bits per heavy atom. The van der Waals surface area contributed by atoms with Gasteiger partial charge in [0.25, 0.3) is 0 Å². The van der Waals surface area contributed by atoms with E-state index in [0.717, 1.165) is 11.4 Å². The summed E-state index contributed by atoms with van der Waals surface area (Å²) in [4.78, 5) is 4.45. The molecule has 1 aliphatic heterocycles. The van der Waals surface area contributed by atoms with Gasteiger partial charge in [0, 0.05) is 0 Å². The standard InChI is InChI=1S/C15H20N2O/c1-10-15(16)17-13-9-12(7-8-14(13)18-10)11-5-3-2-4-6-11/h7-11H,2-6H2,1H3,(H2,16,17). The van der Waals surface area contributed by atoms with E-state index in [1.54, 1.807) is 0 Å². The zero-order chi connectivity index (χ0) is 12.5. The van der Waals surface area contributed by atoms with Gasteiger partial charge in [0.15, 0.2) is 6.10 Å². The lowest BCUT2D eigenvalue weighted by Gasteiger charge is -2.25. The molecule has 0 bridgehead atoms. The smallest absolute Gasteiger partial charge is 0.153 e. The summed E-state index contributed by atoms with van der Waals surface area (Å²) >= 11 is 0. The second-order valence-electron chi connectivity index (χ2n) is 5.36. The highest BCUT2D eigenvalue weighted by Gasteiger charge is 2.21. The van der Waals surface area contributed by atoms with Crippen LogP contribution in [-0.2, 0) is 0 Å². The highest BCUT2D eigenvalue weighted by Crippen LogP contribution is 2.38. The number of ether oxygens (including phenoxy) is 1. The van der Waals surface area contributed by atoms with Crippen LogP contribution in [-0.4, -0.2) is 11.9 Å². The summed E-state index contributed by atoms with van der Waals surface area (Å²) in [6.45, 7) is 1.93. The number of hydrogen-bond acceptors (Lipinski definition) is 3. The Labute approximate surface area is 108 Å². The average molecular weight is 244 g/mol. The number of amidine groups is 1. The first-order chi connectivity index (χ1) is 8.74. The minimum atomic E-state index is -0.113. The van der Waals surface area contributed by atoms with Gasteiger partial charge < -0.3 is 10.5 Å². The van der Waals surface area contributed by atoms with Crippen molar-refractivity contribution < 1.29 is 4.74 Å². The Morgan fingerprint density at radius 1 is 1.22 bits per heavy atom. The minimum Gasteiger partial charge on any atom is -0.481 e. The van der Waals surface area contributed by atoms with Crippen LogP contribution in [0.15, 0.2) is 23.2 Å². The number of hydrogen-bond donors (Lipinski definition) is 1. The molecule has 1 unspecified atom stereocenters. The molecule has 1 aromatic rings. The van der Waals surface area contributed by atoms with E-state index in [4.69, 9.17) is 10.5 Å². The Bertz CT molecular complexity index is 475. The van der Waals surface area contributed by atoms with Gasteiger partial charge in [-0.25, -0.2) is 4.99 Å². The van der Waals surface area contributed by atoms with Gasteiger partial charge in [0.2, 0.25) is 0 Å². The summed E-state index contributed by atoms with van der Waals surface area (Å²) in [5.41, 5.74) is 8.14. The molecule has 0 spiro atoms. The van der Waals surface area contributed by atoms with Gasteiger partial charge in [-0.3, -0.25) is 0 Å². The maximum atomic E-state index is 5.85. The van der Waals surface area contributed by atoms with Crippen LogP contribution in [0, 0.1) is 0 Å². The van der Waals surface area contributed by atoms with Crippen molar-refractivity contribution in [2.45, 2.75) is 51.0 Å². The minimum absolute atomic E-state index is 0.113. The third-order valence-electron chi connectivity index (χ3n) is 4.03. The number of fused-ring (bicyclic) bond motifs is 1. The van der Waals surface area contributed by atoms with Crippen molar-refractivity contribution >= 4 is 11.5 Å². The van der Waals surface area contributed by atoms with Crippen molar-refractivity contribution in [3.63, 3.8) is 0 Å². The number of nitrogens with two attached hydrogens (primary N) is 1. The van der Waals surface area contributed by atoms with Crippen LogP contribution in [0.3, 0.4) is 0 Å². The molecule has 1 atom stereocenters.